The van der Waals surface area contributed by atoms with Gasteiger partial charge in [-0.2, -0.15) is 5.10 Å². The van der Waals surface area contributed by atoms with Crippen LogP contribution in [-0.2, 0) is 32.2 Å². The summed E-state index contributed by atoms with van der Waals surface area (Å²) in [5.41, 5.74) is 1.46. The quantitative estimate of drug-likeness (QED) is 0.673. The zero-order valence-electron chi connectivity index (χ0n) is 19.3. The minimum atomic E-state index is -3.45. The van der Waals surface area contributed by atoms with Crippen LogP contribution < -0.4 is 10.0 Å². The molecule has 1 fully saturated rings. The molecular weight excluding hydrogens is 412 g/mol. The lowest BCUT2D eigenvalue weighted by molar-refractivity contribution is -0.116. The van der Waals surface area contributed by atoms with Crippen molar-refractivity contribution in [2.45, 2.75) is 89.1 Å². The van der Waals surface area contributed by atoms with Crippen molar-refractivity contribution in [1.29, 1.82) is 0 Å². The van der Waals surface area contributed by atoms with Crippen LogP contribution in [0.4, 0.5) is 5.82 Å². The van der Waals surface area contributed by atoms with Crippen LogP contribution in [0.3, 0.4) is 0 Å². The highest BCUT2D eigenvalue weighted by atomic mass is 32.2. The fraction of sp³-hybridized carbons (Fsp3) is 0.565. The number of nitrogens with zero attached hydrogens (tertiary/aromatic N) is 2. The van der Waals surface area contributed by atoms with Crippen molar-refractivity contribution in [3.8, 4) is 0 Å². The normalized spacial score (nSPS) is 15.2. The predicted molar refractivity (Wildman–Crippen MR) is 123 cm³/mol. The molecule has 1 aliphatic carbocycles. The molecule has 0 aliphatic heterocycles. The Bertz CT molecular complexity index is 1040. The summed E-state index contributed by atoms with van der Waals surface area (Å²) in [5.74, 6) is 0.591. The van der Waals surface area contributed by atoms with Gasteiger partial charge in [0.1, 0.15) is 5.82 Å². The van der Waals surface area contributed by atoms with Gasteiger partial charge >= 0.3 is 0 Å². The third-order valence-corrected chi connectivity index (χ3v) is 6.69. The molecule has 0 saturated heterocycles. The van der Waals surface area contributed by atoms with Crippen molar-refractivity contribution in [3.63, 3.8) is 0 Å². The molecule has 31 heavy (non-hydrogen) atoms. The molecule has 3 rings (SSSR count). The summed E-state index contributed by atoms with van der Waals surface area (Å²) < 4.78 is 29.1. The van der Waals surface area contributed by atoms with E-state index in [4.69, 9.17) is 5.10 Å². The molecule has 8 heteroatoms. The highest BCUT2D eigenvalue weighted by Crippen LogP contribution is 2.28. The number of hydrogen-bond donors (Lipinski definition) is 2. The first kappa shape index (κ1) is 23.5. The Morgan fingerprint density at radius 2 is 1.71 bits per heavy atom. The van der Waals surface area contributed by atoms with E-state index in [0.717, 1.165) is 24.1 Å². The molecule has 2 aromatic rings. The van der Waals surface area contributed by atoms with Gasteiger partial charge in [0.15, 0.2) is 0 Å². The number of amides is 1. The van der Waals surface area contributed by atoms with Crippen LogP contribution in [0.15, 0.2) is 35.2 Å². The number of aryl methyl sites for hydroxylation is 1. The summed E-state index contributed by atoms with van der Waals surface area (Å²) in [6.45, 7) is 12.4. The van der Waals surface area contributed by atoms with E-state index in [2.05, 4.69) is 51.6 Å². The van der Waals surface area contributed by atoms with Crippen LogP contribution in [0.2, 0.25) is 0 Å². The number of sulfonamides is 1. The van der Waals surface area contributed by atoms with Gasteiger partial charge in [-0.3, -0.25) is 4.79 Å². The third-order valence-electron chi connectivity index (χ3n) is 5.15. The van der Waals surface area contributed by atoms with E-state index < -0.39 is 10.0 Å². The average Bonchev–Trinajstić information content (AvgIpc) is 3.32. The van der Waals surface area contributed by atoms with Gasteiger partial charge in [-0.1, -0.05) is 32.9 Å². The molecule has 170 valence electrons. The maximum absolute atomic E-state index is 12.6. The Morgan fingerprint density at radius 1 is 1.10 bits per heavy atom. The van der Waals surface area contributed by atoms with Gasteiger partial charge < -0.3 is 5.32 Å². The molecule has 7 nitrogen and oxygen atoms in total. The van der Waals surface area contributed by atoms with Crippen molar-refractivity contribution in [2.24, 2.45) is 0 Å². The second-order valence-corrected chi connectivity index (χ2v) is 12.0. The van der Waals surface area contributed by atoms with Gasteiger partial charge in [-0.15, -0.1) is 0 Å². The van der Waals surface area contributed by atoms with E-state index in [0.29, 0.717) is 18.7 Å². The van der Waals surface area contributed by atoms with Gasteiger partial charge in [-0.05, 0) is 57.7 Å². The largest absolute Gasteiger partial charge is 0.311 e. The summed E-state index contributed by atoms with van der Waals surface area (Å²) in [6.07, 6.45) is 2.63. The van der Waals surface area contributed by atoms with E-state index in [1.165, 1.54) is 0 Å². The summed E-state index contributed by atoms with van der Waals surface area (Å²) in [7, 11) is -3.45. The molecule has 2 N–H and O–H groups in total. The Morgan fingerprint density at radius 3 is 2.23 bits per heavy atom. The number of aromatic nitrogens is 2. The number of rotatable bonds is 7. The lowest BCUT2D eigenvalue weighted by Crippen LogP contribution is -2.27. The molecule has 0 bridgehead atoms. The van der Waals surface area contributed by atoms with Crippen molar-refractivity contribution < 1.29 is 13.2 Å². The number of carbonyl (C=O) groups is 1. The Hall–Kier alpha value is -2.19. The first-order valence-corrected chi connectivity index (χ1v) is 12.3. The van der Waals surface area contributed by atoms with Gasteiger partial charge in [0.2, 0.25) is 15.9 Å². The maximum atomic E-state index is 12.6. The van der Waals surface area contributed by atoms with E-state index in [1.54, 1.807) is 24.3 Å². The highest BCUT2D eigenvalue weighted by Gasteiger charge is 2.28. The Kier molecular flexibility index (Phi) is 6.35. The van der Waals surface area contributed by atoms with E-state index in [1.807, 2.05) is 10.7 Å². The van der Waals surface area contributed by atoms with Crippen molar-refractivity contribution in [3.05, 3.63) is 41.6 Å². The van der Waals surface area contributed by atoms with E-state index >= 15 is 0 Å². The first-order chi connectivity index (χ1) is 14.3. The highest BCUT2D eigenvalue weighted by molar-refractivity contribution is 7.89. The zero-order valence-corrected chi connectivity index (χ0v) is 20.1. The van der Waals surface area contributed by atoms with Crippen molar-refractivity contribution >= 4 is 21.7 Å². The molecule has 1 aromatic carbocycles. The molecule has 0 radical (unpaired) electrons. The van der Waals surface area contributed by atoms with Crippen LogP contribution in [0.25, 0.3) is 0 Å². The van der Waals surface area contributed by atoms with Gasteiger partial charge in [0.05, 0.1) is 16.1 Å². The molecule has 1 heterocycles. The molecule has 1 aliphatic rings. The van der Waals surface area contributed by atoms with Gasteiger partial charge in [0.25, 0.3) is 0 Å². The topological polar surface area (TPSA) is 93.1 Å². The van der Waals surface area contributed by atoms with E-state index in [-0.39, 0.29) is 27.8 Å². The summed E-state index contributed by atoms with van der Waals surface area (Å²) in [6, 6.07) is 8.76. The minimum absolute atomic E-state index is 0.0775. The van der Waals surface area contributed by atoms with Gasteiger partial charge in [-0.25, -0.2) is 17.8 Å². The summed E-state index contributed by atoms with van der Waals surface area (Å²) in [4.78, 5) is 12.9. The minimum Gasteiger partial charge on any atom is -0.311 e. The maximum Gasteiger partial charge on any atom is 0.240 e. The Labute approximate surface area is 185 Å². The zero-order chi connectivity index (χ0) is 23.0. The third kappa shape index (κ3) is 6.17. The van der Waals surface area contributed by atoms with E-state index in [9.17, 15) is 13.2 Å². The Balaban J connectivity index is 1.63. The van der Waals surface area contributed by atoms with Crippen LogP contribution in [0.5, 0.6) is 0 Å². The molecule has 0 spiro atoms. The predicted octanol–water partition coefficient (Wildman–Crippen LogP) is 3.95. The summed E-state index contributed by atoms with van der Waals surface area (Å²) >= 11 is 0. The second kappa shape index (κ2) is 8.39. The summed E-state index contributed by atoms with van der Waals surface area (Å²) in [5, 5.41) is 7.72. The lowest BCUT2D eigenvalue weighted by Gasteiger charge is -2.23. The molecule has 1 saturated carbocycles. The average molecular weight is 447 g/mol. The number of nitrogens with one attached hydrogen (secondary N) is 2. The fourth-order valence-corrected chi connectivity index (χ4v) is 4.44. The molecule has 0 unspecified atom stereocenters. The van der Waals surface area contributed by atoms with Crippen molar-refractivity contribution in [1.82, 2.24) is 14.5 Å². The number of carbonyl (C=O) groups excluding carboxylic acids is 1. The first-order valence-electron chi connectivity index (χ1n) is 10.8. The smallest absolute Gasteiger partial charge is 0.240 e. The van der Waals surface area contributed by atoms with Gasteiger partial charge in [0, 0.05) is 23.9 Å². The number of benzene rings is 1. The fourth-order valence-electron chi connectivity index (χ4n) is 3.14. The van der Waals surface area contributed by atoms with Crippen LogP contribution in [0, 0.1) is 0 Å². The molecule has 1 amide bonds. The monoisotopic (exact) mass is 446 g/mol. The van der Waals surface area contributed by atoms with Crippen LogP contribution in [0.1, 0.15) is 72.1 Å². The van der Waals surface area contributed by atoms with Crippen molar-refractivity contribution in [2.75, 3.05) is 5.32 Å². The number of anilines is 1. The molecule has 0 atom stereocenters. The lowest BCUT2D eigenvalue weighted by atomic mass is 9.92. The van der Waals surface area contributed by atoms with Crippen LogP contribution in [-0.4, -0.2) is 30.1 Å². The number of hydrogen-bond acceptors (Lipinski definition) is 4. The standard InChI is InChI=1S/C23H34N4O3S/c1-22(2,3)19-15-20(27(25-19)23(4,5)6)24-21(28)14-9-16-7-12-18(13-8-16)31(29,30)26-17-10-11-17/h7-8,12-13,15,17,26H,9-11,14H2,1-6H3,(H,24,28). The second-order valence-electron chi connectivity index (χ2n) is 10.3. The van der Waals surface area contributed by atoms with Crippen LogP contribution >= 0.6 is 0 Å². The SMILES string of the molecule is CC(C)(C)c1cc(NC(=O)CCc2ccc(S(=O)(=O)NC3CC3)cc2)n(C(C)(C)C)n1. The molecule has 1 aromatic heterocycles. The molecular formula is C23H34N4O3S.